The van der Waals surface area contributed by atoms with Crippen molar-refractivity contribution in [2.45, 2.75) is 18.9 Å². The van der Waals surface area contributed by atoms with Gasteiger partial charge in [-0.1, -0.05) is 5.16 Å². The molecule has 5 heteroatoms. The zero-order valence-corrected chi connectivity index (χ0v) is 9.08. The van der Waals surface area contributed by atoms with Gasteiger partial charge in [0.25, 0.3) is 0 Å². The summed E-state index contributed by atoms with van der Waals surface area (Å²) < 4.78 is 0. The van der Waals surface area contributed by atoms with Crippen molar-refractivity contribution in [1.29, 1.82) is 0 Å². The minimum absolute atomic E-state index is 0.129. The van der Waals surface area contributed by atoms with E-state index in [0.717, 1.165) is 18.7 Å². The van der Waals surface area contributed by atoms with Crippen LogP contribution in [-0.2, 0) is 0 Å². The summed E-state index contributed by atoms with van der Waals surface area (Å²) in [5, 5.41) is 12.0. The molecule has 2 rings (SSSR count). The lowest BCUT2D eigenvalue weighted by atomic mass is 10.1. The maximum Gasteiger partial charge on any atom is 0.161 e. The lowest BCUT2D eigenvalue weighted by Crippen LogP contribution is -2.36. The van der Waals surface area contributed by atoms with Crippen molar-refractivity contribution in [1.82, 2.24) is 9.88 Å². The fraction of sp³-hybridized carbons (Fsp3) is 0.455. The van der Waals surface area contributed by atoms with Gasteiger partial charge >= 0.3 is 0 Å². The molecule has 0 radical (unpaired) electrons. The topological polar surface area (TPSA) is 74.7 Å². The van der Waals surface area contributed by atoms with Crippen LogP contribution in [0.2, 0.25) is 0 Å². The van der Waals surface area contributed by atoms with Gasteiger partial charge in [-0.3, -0.25) is 9.88 Å². The van der Waals surface area contributed by atoms with Gasteiger partial charge in [0.2, 0.25) is 0 Å². The molecule has 1 saturated heterocycles. The second kappa shape index (κ2) is 4.94. The Morgan fingerprint density at radius 3 is 2.56 bits per heavy atom. The van der Waals surface area contributed by atoms with Gasteiger partial charge in [0, 0.05) is 12.4 Å². The Morgan fingerprint density at radius 1 is 1.38 bits per heavy atom. The Balaban J connectivity index is 2.27. The van der Waals surface area contributed by atoms with Crippen LogP contribution in [0.15, 0.2) is 29.7 Å². The van der Waals surface area contributed by atoms with Gasteiger partial charge in [0.1, 0.15) is 0 Å². The van der Waals surface area contributed by atoms with Gasteiger partial charge in [-0.15, -0.1) is 0 Å². The first-order valence-corrected chi connectivity index (χ1v) is 5.44. The van der Waals surface area contributed by atoms with E-state index in [9.17, 15) is 0 Å². The van der Waals surface area contributed by atoms with E-state index in [1.54, 1.807) is 12.4 Å². The standard InChI is InChI=1S/C11H16N4O/c12-11(14-16)10(15-7-1-2-8-15)9-3-5-13-6-4-9/h3-6,10,16H,1-2,7-8H2,(H2,12,14). The quantitative estimate of drug-likeness (QED) is 0.344. The van der Waals surface area contributed by atoms with Gasteiger partial charge in [-0.05, 0) is 43.6 Å². The molecule has 16 heavy (non-hydrogen) atoms. The molecule has 5 nitrogen and oxygen atoms in total. The third-order valence-electron chi connectivity index (χ3n) is 2.92. The highest BCUT2D eigenvalue weighted by Crippen LogP contribution is 2.24. The number of amidine groups is 1. The smallest absolute Gasteiger partial charge is 0.161 e. The molecular weight excluding hydrogens is 204 g/mol. The zero-order valence-electron chi connectivity index (χ0n) is 9.08. The highest BCUT2D eigenvalue weighted by Gasteiger charge is 2.26. The van der Waals surface area contributed by atoms with Gasteiger partial charge < -0.3 is 10.9 Å². The minimum atomic E-state index is -0.129. The number of aromatic nitrogens is 1. The number of hydrogen-bond acceptors (Lipinski definition) is 4. The summed E-state index contributed by atoms with van der Waals surface area (Å²) in [7, 11) is 0. The highest BCUT2D eigenvalue weighted by atomic mass is 16.4. The molecule has 1 aromatic rings. The van der Waals surface area contributed by atoms with Crippen LogP contribution in [0.5, 0.6) is 0 Å². The van der Waals surface area contributed by atoms with Crippen LogP contribution in [0.3, 0.4) is 0 Å². The third-order valence-corrected chi connectivity index (χ3v) is 2.92. The Kier molecular flexibility index (Phi) is 3.36. The monoisotopic (exact) mass is 220 g/mol. The maximum absolute atomic E-state index is 8.85. The molecule has 1 aromatic heterocycles. The molecule has 0 aliphatic carbocycles. The van der Waals surface area contributed by atoms with E-state index in [1.165, 1.54) is 12.8 Å². The average Bonchev–Trinajstić information content (AvgIpc) is 2.84. The van der Waals surface area contributed by atoms with Crippen LogP contribution in [0, 0.1) is 0 Å². The van der Waals surface area contributed by atoms with E-state index in [0.29, 0.717) is 0 Å². The van der Waals surface area contributed by atoms with Gasteiger partial charge in [0.15, 0.2) is 5.84 Å². The molecule has 1 unspecified atom stereocenters. The second-order valence-electron chi connectivity index (χ2n) is 3.95. The first kappa shape index (κ1) is 10.9. The van der Waals surface area contributed by atoms with Crippen molar-refractivity contribution in [3.63, 3.8) is 0 Å². The molecule has 0 bridgehead atoms. The van der Waals surface area contributed by atoms with Crippen molar-refractivity contribution < 1.29 is 5.21 Å². The predicted molar refractivity (Wildman–Crippen MR) is 61.2 cm³/mol. The summed E-state index contributed by atoms with van der Waals surface area (Å²) in [5.74, 6) is 0.244. The second-order valence-corrected chi connectivity index (χ2v) is 3.95. The molecule has 3 N–H and O–H groups in total. The van der Waals surface area contributed by atoms with Crippen molar-refractivity contribution >= 4 is 5.84 Å². The van der Waals surface area contributed by atoms with E-state index in [4.69, 9.17) is 10.9 Å². The lowest BCUT2D eigenvalue weighted by Gasteiger charge is -2.26. The molecule has 1 aliphatic rings. The summed E-state index contributed by atoms with van der Waals surface area (Å²) in [6, 6.07) is 3.68. The largest absolute Gasteiger partial charge is 0.409 e. The summed E-state index contributed by atoms with van der Waals surface area (Å²) in [6.45, 7) is 1.98. The van der Waals surface area contributed by atoms with Crippen LogP contribution in [0.25, 0.3) is 0 Å². The Bertz CT molecular complexity index is 360. The van der Waals surface area contributed by atoms with Crippen LogP contribution < -0.4 is 5.73 Å². The third kappa shape index (κ3) is 2.14. The predicted octanol–water partition coefficient (Wildman–Crippen LogP) is 0.965. The van der Waals surface area contributed by atoms with Crippen molar-refractivity contribution in [3.8, 4) is 0 Å². The highest BCUT2D eigenvalue weighted by molar-refractivity contribution is 5.86. The van der Waals surface area contributed by atoms with Crippen LogP contribution >= 0.6 is 0 Å². The van der Waals surface area contributed by atoms with E-state index >= 15 is 0 Å². The molecule has 0 aromatic carbocycles. The van der Waals surface area contributed by atoms with Crippen molar-refractivity contribution in [2.75, 3.05) is 13.1 Å². The van der Waals surface area contributed by atoms with Gasteiger partial charge in [-0.25, -0.2) is 0 Å². The Hall–Kier alpha value is -1.62. The first-order valence-electron chi connectivity index (χ1n) is 5.44. The molecular formula is C11H16N4O. The van der Waals surface area contributed by atoms with E-state index in [2.05, 4.69) is 15.0 Å². The number of nitrogens with zero attached hydrogens (tertiary/aromatic N) is 3. The number of nitrogens with two attached hydrogens (primary N) is 1. The molecule has 1 fully saturated rings. The molecule has 1 aliphatic heterocycles. The van der Waals surface area contributed by atoms with Crippen molar-refractivity contribution in [3.05, 3.63) is 30.1 Å². The average molecular weight is 220 g/mol. The van der Waals surface area contributed by atoms with E-state index in [1.807, 2.05) is 12.1 Å². The van der Waals surface area contributed by atoms with Crippen LogP contribution in [-0.4, -0.2) is 34.0 Å². The summed E-state index contributed by atoms with van der Waals surface area (Å²) in [6.07, 6.45) is 5.78. The molecule has 1 atom stereocenters. The van der Waals surface area contributed by atoms with Gasteiger partial charge in [-0.2, -0.15) is 0 Å². The molecule has 2 heterocycles. The fourth-order valence-corrected chi connectivity index (χ4v) is 2.17. The fourth-order valence-electron chi connectivity index (χ4n) is 2.17. The van der Waals surface area contributed by atoms with E-state index in [-0.39, 0.29) is 11.9 Å². The number of pyridine rings is 1. The first-order chi connectivity index (χ1) is 7.83. The zero-order chi connectivity index (χ0) is 11.4. The number of hydrogen-bond donors (Lipinski definition) is 2. The molecule has 0 amide bonds. The SMILES string of the molecule is N/C(=N\O)C(c1ccncc1)N1CCCC1. The maximum atomic E-state index is 8.85. The molecule has 0 spiro atoms. The molecule has 0 saturated carbocycles. The van der Waals surface area contributed by atoms with E-state index < -0.39 is 0 Å². The summed E-state index contributed by atoms with van der Waals surface area (Å²) in [4.78, 5) is 6.20. The number of likely N-dealkylation sites (tertiary alicyclic amines) is 1. The van der Waals surface area contributed by atoms with Gasteiger partial charge in [0.05, 0.1) is 6.04 Å². The lowest BCUT2D eigenvalue weighted by molar-refractivity contribution is 0.278. The normalized spacial score (nSPS) is 19.9. The minimum Gasteiger partial charge on any atom is -0.409 e. The van der Waals surface area contributed by atoms with Crippen LogP contribution in [0.1, 0.15) is 24.4 Å². The number of oxime groups is 1. The summed E-state index contributed by atoms with van der Waals surface area (Å²) >= 11 is 0. The molecule has 86 valence electrons. The van der Waals surface area contributed by atoms with Crippen LogP contribution in [0.4, 0.5) is 0 Å². The summed E-state index contributed by atoms with van der Waals surface area (Å²) in [5.41, 5.74) is 6.79. The Labute approximate surface area is 94.6 Å². The number of rotatable bonds is 3. The van der Waals surface area contributed by atoms with Crippen molar-refractivity contribution in [2.24, 2.45) is 10.9 Å². The Morgan fingerprint density at radius 2 is 2.00 bits per heavy atom.